The van der Waals surface area contributed by atoms with Crippen molar-refractivity contribution in [3.63, 3.8) is 0 Å². The Morgan fingerprint density at radius 3 is 2.19 bits per heavy atom. The molecule has 0 aromatic carbocycles. The minimum atomic E-state index is -0.788. The number of hydrogen-bond acceptors (Lipinski definition) is 3. The molecule has 122 valence electrons. The van der Waals surface area contributed by atoms with Crippen molar-refractivity contribution in [3.05, 3.63) is 0 Å². The third-order valence-corrected chi connectivity index (χ3v) is 3.01. The van der Waals surface area contributed by atoms with Gasteiger partial charge in [-0.05, 0) is 18.8 Å². The molecule has 21 heavy (non-hydrogen) atoms. The molecular weight excluding hydrogens is 276 g/mol. The van der Waals surface area contributed by atoms with E-state index in [0.29, 0.717) is 25.4 Å². The Labute approximate surface area is 124 Å². The van der Waals surface area contributed by atoms with Gasteiger partial charge in [-0.15, -0.1) is 0 Å². The number of carbonyl (C=O) groups excluding carboxylic acids is 2. The first-order chi connectivity index (χ1) is 9.95. The predicted octanol–water partition coefficient (Wildman–Crippen LogP) is 0.625. The van der Waals surface area contributed by atoms with Gasteiger partial charge in [0.1, 0.15) is 0 Å². The van der Waals surface area contributed by atoms with Gasteiger partial charge < -0.3 is 26.8 Å². The van der Waals surface area contributed by atoms with Crippen molar-refractivity contribution in [1.82, 2.24) is 16.0 Å². The Morgan fingerprint density at radius 1 is 1.00 bits per heavy atom. The summed E-state index contributed by atoms with van der Waals surface area (Å²) < 4.78 is 0. The van der Waals surface area contributed by atoms with Crippen LogP contribution in [-0.2, 0) is 4.79 Å². The lowest BCUT2D eigenvalue weighted by molar-refractivity contribution is -0.137. The van der Waals surface area contributed by atoms with Crippen LogP contribution in [0.3, 0.4) is 0 Å². The van der Waals surface area contributed by atoms with Crippen LogP contribution in [0.4, 0.5) is 9.59 Å². The summed E-state index contributed by atoms with van der Waals surface area (Å²) >= 11 is 0. The fraction of sp³-hybridized carbons (Fsp3) is 0.769. The first kappa shape index (κ1) is 19.0. The van der Waals surface area contributed by atoms with Crippen LogP contribution in [-0.4, -0.2) is 42.8 Å². The maximum absolute atomic E-state index is 11.4. The van der Waals surface area contributed by atoms with Crippen LogP contribution in [0.1, 0.15) is 39.0 Å². The van der Waals surface area contributed by atoms with Crippen LogP contribution in [0.25, 0.3) is 0 Å². The molecule has 4 amide bonds. The molecule has 0 radical (unpaired) electrons. The zero-order valence-electron chi connectivity index (χ0n) is 12.5. The van der Waals surface area contributed by atoms with Gasteiger partial charge in [-0.25, -0.2) is 9.59 Å². The number of aliphatic carboxylic acids is 1. The van der Waals surface area contributed by atoms with Crippen molar-refractivity contribution in [3.8, 4) is 0 Å². The van der Waals surface area contributed by atoms with Crippen molar-refractivity contribution < 1.29 is 19.5 Å². The maximum Gasteiger partial charge on any atom is 0.314 e. The van der Waals surface area contributed by atoms with E-state index in [1.807, 2.05) is 0 Å². The molecule has 0 saturated carbocycles. The van der Waals surface area contributed by atoms with Crippen molar-refractivity contribution in [2.45, 2.75) is 39.0 Å². The second-order valence-electron chi connectivity index (χ2n) is 4.85. The summed E-state index contributed by atoms with van der Waals surface area (Å²) in [6, 6.07) is -0.937. The van der Waals surface area contributed by atoms with Gasteiger partial charge >= 0.3 is 18.0 Å². The van der Waals surface area contributed by atoms with Crippen molar-refractivity contribution in [2.24, 2.45) is 11.7 Å². The summed E-state index contributed by atoms with van der Waals surface area (Å²) in [6.07, 6.45) is 3.51. The maximum atomic E-state index is 11.4. The number of nitrogens with one attached hydrogen (secondary N) is 3. The zero-order valence-corrected chi connectivity index (χ0v) is 12.5. The summed E-state index contributed by atoms with van der Waals surface area (Å²) in [5.41, 5.74) is 4.88. The monoisotopic (exact) mass is 302 g/mol. The molecule has 0 bridgehead atoms. The van der Waals surface area contributed by atoms with Crippen molar-refractivity contribution in [2.75, 3.05) is 19.6 Å². The van der Waals surface area contributed by atoms with E-state index < -0.39 is 12.0 Å². The molecule has 0 heterocycles. The number of amides is 4. The van der Waals surface area contributed by atoms with Crippen molar-refractivity contribution >= 4 is 18.0 Å². The quantitative estimate of drug-likeness (QED) is 0.358. The van der Waals surface area contributed by atoms with Gasteiger partial charge in [0, 0.05) is 26.1 Å². The van der Waals surface area contributed by atoms with E-state index >= 15 is 0 Å². The van der Waals surface area contributed by atoms with Gasteiger partial charge in [0.25, 0.3) is 0 Å². The number of hydrogen-bond donors (Lipinski definition) is 5. The van der Waals surface area contributed by atoms with E-state index in [2.05, 4.69) is 22.9 Å². The first-order valence-electron chi connectivity index (χ1n) is 7.22. The minimum Gasteiger partial charge on any atom is -0.481 e. The highest BCUT2D eigenvalue weighted by Crippen LogP contribution is 2.16. The summed E-state index contributed by atoms with van der Waals surface area (Å²) in [7, 11) is 0. The summed E-state index contributed by atoms with van der Waals surface area (Å²) in [4.78, 5) is 32.4. The molecule has 0 fully saturated rings. The van der Waals surface area contributed by atoms with Crippen LogP contribution in [0.2, 0.25) is 0 Å². The third kappa shape index (κ3) is 12.8. The molecular formula is C13H26N4O4. The van der Waals surface area contributed by atoms with Crippen LogP contribution >= 0.6 is 0 Å². The number of nitrogens with two attached hydrogens (primary N) is 1. The van der Waals surface area contributed by atoms with Gasteiger partial charge in [-0.3, -0.25) is 4.79 Å². The highest BCUT2D eigenvalue weighted by molar-refractivity contribution is 5.74. The number of primary amides is 1. The number of rotatable bonds is 11. The molecule has 6 N–H and O–H groups in total. The number of urea groups is 2. The molecule has 0 aliphatic carbocycles. The highest BCUT2D eigenvalue weighted by Gasteiger charge is 2.10. The molecule has 8 heteroatoms. The van der Waals surface area contributed by atoms with Crippen LogP contribution in [0.15, 0.2) is 0 Å². The van der Waals surface area contributed by atoms with Crippen LogP contribution in [0.5, 0.6) is 0 Å². The summed E-state index contributed by atoms with van der Waals surface area (Å²) in [5, 5.41) is 16.3. The Kier molecular flexibility index (Phi) is 10.7. The summed E-state index contributed by atoms with van der Waals surface area (Å²) in [6.45, 7) is 3.13. The number of carboxylic acids is 1. The molecule has 1 atom stereocenters. The second kappa shape index (κ2) is 11.8. The van der Waals surface area contributed by atoms with E-state index in [1.165, 1.54) is 0 Å². The van der Waals surface area contributed by atoms with Gasteiger partial charge in [0.2, 0.25) is 0 Å². The lowest BCUT2D eigenvalue weighted by atomic mass is 9.94. The zero-order chi connectivity index (χ0) is 16.1. The first-order valence-corrected chi connectivity index (χ1v) is 7.22. The van der Waals surface area contributed by atoms with Crippen molar-refractivity contribution in [1.29, 1.82) is 0 Å². The molecule has 0 rings (SSSR count). The molecule has 0 aromatic heterocycles. The average Bonchev–Trinajstić information content (AvgIpc) is 2.40. The highest BCUT2D eigenvalue weighted by atomic mass is 16.4. The lowest BCUT2D eigenvalue weighted by Gasteiger charge is -2.15. The number of carbonyl (C=O) groups is 3. The van der Waals surface area contributed by atoms with Gasteiger partial charge in [-0.2, -0.15) is 0 Å². The molecule has 0 aromatic rings. The fourth-order valence-electron chi connectivity index (χ4n) is 1.98. The SMILES string of the molecule is CCCC(CCNC(=O)NCCNC(N)=O)CCC(=O)O. The lowest BCUT2D eigenvalue weighted by Crippen LogP contribution is -2.41. The standard InChI is InChI=1S/C13H26N4O4/c1-2-3-10(4-5-11(18)19)6-7-16-13(21)17-9-8-15-12(14)20/h10H,2-9H2,1H3,(H,18,19)(H3,14,15,20)(H2,16,17,21). The largest absolute Gasteiger partial charge is 0.481 e. The van der Waals surface area contributed by atoms with E-state index in [-0.39, 0.29) is 19.0 Å². The predicted molar refractivity (Wildman–Crippen MR) is 78.9 cm³/mol. The molecule has 0 spiro atoms. The molecule has 8 nitrogen and oxygen atoms in total. The Bertz CT molecular complexity index is 336. The normalized spacial score (nSPS) is 11.5. The van der Waals surface area contributed by atoms with E-state index in [4.69, 9.17) is 10.8 Å². The Hall–Kier alpha value is -1.99. The Morgan fingerprint density at radius 2 is 1.62 bits per heavy atom. The van der Waals surface area contributed by atoms with E-state index in [1.54, 1.807) is 0 Å². The fourth-order valence-corrected chi connectivity index (χ4v) is 1.98. The van der Waals surface area contributed by atoms with Crippen LogP contribution < -0.4 is 21.7 Å². The van der Waals surface area contributed by atoms with E-state index in [9.17, 15) is 14.4 Å². The molecule has 0 aliphatic rings. The smallest absolute Gasteiger partial charge is 0.314 e. The van der Waals surface area contributed by atoms with Gasteiger partial charge in [0.15, 0.2) is 0 Å². The topological polar surface area (TPSA) is 134 Å². The third-order valence-electron chi connectivity index (χ3n) is 3.01. The van der Waals surface area contributed by atoms with E-state index in [0.717, 1.165) is 19.3 Å². The van der Waals surface area contributed by atoms with Gasteiger partial charge in [0.05, 0.1) is 0 Å². The second-order valence-corrected chi connectivity index (χ2v) is 4.85. The molecule has 1 unspecified atom stereocenters. The molecule has 0 saturated heterocycles. The van der Waals surface area contributed by atoms with Crippen LogP contribution in [0, 0.1) is 5.92 Å². The minimum absolute atomic E-state index is 0.162. The van der Waals surface area contributed by atoms with Gasteiger partial charge in [-0.1, -0.05) is 19.8 Å². The number of carboxylic acid groups (broad SMARTS) is 1. The average molecular weight is 302 g/mol. The molecule has 0 aliphatic heterocycles. The Balaban J connectivity index is 3.73. The summed E-state index contributed by atoms with van der Waals surface area (Å²) in [5.74, 6) is -0.480.